The molecule has 0 aliphatic carbocycles. The zero-order chi connectivity index (χ0) is 23.6. The van der Waals surface area contributed by atoms with E-state index in [0.717, 1.165) is 24.2 Å². The molecule has 1 aromatic heterocycles. The first-order chi connectivity index (χ1) is 15.0. The number of nitrogens with zero attached hydrogens (tertiary/aromatic N) is 2. The van der Waals surface area contributed by atoms with Gasteiger partial charge in [0.25, 0.3) is 5.56 Å². The van der Waals surface area contributed by atoms with Gasteiger partial charge in [0.05, 0.1) is 9.55 Å². The molecule has 5 nitrogen and oxygen atoms in total. The minimum atomic E-state index is -0.643. The second kappa shape index (κ2) is 9.71. The smallest absolute Gasteiger partial charge is 0.269 e. The summed E-state index contributed by atoms with van der Waals surface area (Å²) in [6.07, 6.45) is 4.79. The van der Waals surface area contributed by atoms with Gasteiger partial charge in [0.2, 0.25) is 5.91 Å². The molecule has 0 unspecified atom stereocenters. The Morgan fingerprint density at radius 3 is 2.66 bits per heavy atom. The molecule has 8 heteroatoms. The molecule has 0 spiro atoms. The number of thiazole rings is 1. The van der Waals surface area contributed by atoms with Crippen LogP contribution in [-0.2, 0) is 16.1 Å². The maximum atomic E-state index is 14.3. The zero-order valence-electron chi connectivity index (χ0n) is 18.8. The van der Waals surface area contributed by atoms with Crippen molar-refractivity contribution >= 4 is 46.8 Å². The van der Waals surface area contributed by atoms with Crippen molar-refractivity contribution in [3.8, 4) is 0 Å². The fraction of sp³-hybridized carbons (Fsp3) is 0.458. The van der Waals surface area contributed by atoms with Crippen molar-refractivity contribution in [3.05, 3.63) is 54.2 Å². The summed E-state index contributed by atoms with van der Waals surface area (Å²) < 4.78 is 16.2. The number of benzene rings is 1. The van der Waals surface area contributed by atoms with E-state index >= 15 is 0 Å². The Bertz CT molecular complexity index is 1190. The number of amides is 1. The molecule has 32 heavy (non-hydrogen) atoms. The third-order valence-corrected chi connectivity index (χ3v) is 6.90. The van der Waals surface area contributed by atoms with Crippen molar-refractivity contribution in [3.63, 3.8) is 0 Å². The van der Waals surface area contributed by atoms with Crippen LogP contribution in [0.3, 0.4) is 0 Å². The molecule has 0 saturated carbocycles. The lowest BCUT2D eigenvalue weighted by Crippen LogP contribution is -2.44. The van der Waals surface area contributed by atoms with Gasteiger partial charge in [-0.3, -0.25) is 19.0 Å². The summed E-state index contributed by atoms with van der Waals surface area (Å²) in [5.41, 5.74) is -0.985. The van der Waals surface area contributed by atoms with Gasteiger partial charge in [0, 0.05) is 30.1 Å². The van der Waals surface area contributed by atoms with Crippen LogP contribution in [0.1, 0.15) is 46.1 Å². The molecule has 1 fully saturated rings. The summed E-state index contributed by atoms with van der Waals surface area (Å²) in [7, 11) is 0. The minimum absolute atomic E-state index is 0.101. The molecule has 0 N–H and O–H groups in total. The molecular weight excluding hydrogens is 451 g/mol. The van der Waals surface area contributed by atoms with Crippen LogP contribution in [0.5, 0.6) is 0 Å². The average Bonchev–Trinajstić information content (AvgIpc) is 2.99. The van der Waals surface area contributed by atoms with Crippen LogP contribution in [0.25, 0.3) is 12.2 Å². The van der Waals surface area contributed by atoms with Crippen LogP contribution >= 0.6 is 22.9 Å². The number of aromatic nitrogens is 1. The topological polar surface area (TPSA) is 59.4 Å². The van der Waals surface area contributed by atoms with E-state index < -0.39 is 16.8 Å². The van der Waals surface area contributed by atoms with E-state index in [9.17, 15) is 18.8 Å². The van der Waals surface area contributed by atoms with Crippen LogP contribution < -0.4 is 14.8 Å². The van der Waals surface area contributed by atoms with Crippen LogP contribution in [0, 0.1) is 17.2 Å². The zero-order valence-corrected chi connectivity index (χ0v) is 20.4. The highest BCUT2D eigenvalue weighted by Gasteiger charge is 2.23. The Balaban J connectivity index is 2.11. The largest absolute Gasteiger partial charge is 0.341 e. The number of piperidine rings is 1. The second-order valence-electron chi connectivity index (χ2n) is 9.32. The SMILES string of the molecule is C[C@@H]1CCCN(C(=O)Cn2c(=O)/c(=C\c3c(F)cccc3Cl)s/c2=C\C(=O)C(C)(C)C)C1. The highest BCUT2D eigenvalue weighted by Crippen LogP contribution is 2.19. The van der Waals surface area contributed by atoms with E-state index in [2.05, 4.69) is 6.92 Å². The quantitative estimate of drug-likeness (QED) is 0.678. The molecule has 1 aliphatic rings. The summed E-state index contributed by atoms with van der Waals surface area (Å²) in [5, 5.41) is 0.180. The van der Waals surface area contributed by atoms with Gasteiger partial charge in [-0.15, -0.1) is 11.3 Å². The number of rotatable bonds is 4. The first kappa shape index (κ1) is 24.4. The predicted molar refractivity (Wildman–Crippen MR) is 127 cm³/mol. The van der Waals surface area contributed by atoms with Crippen LogP contribution in [0.2, 0.25) is 5.02 Å². The Hall–Kier alpha value is -2.25. The molecule has 1 aromatic carbocycles. The van der Waals surface area contributed by atoms with E-state index in [0.29, 0.717) is 23.7 Å². The fourth-order valence-corrected chi connectivity index (χ4v) is 4.79. The molecule has 1 aliphatic heterocycles. The summed E-state index contributed by atoms with van der Waals surface area (Å²) in [6.45, 7) is 8.61. The van der Waals surface area contributed by atoms with Crippen molar-refractivity contribution < 1.29 is 14.0 Å². The monoisotopic (exact) mass is 478 g/mol. The number of likely N-dealkylation sites (tertiary alicyclic amines) is 1. The maximum absolute atomic E-state index is 14.3. The van der Waals surface area contributed by atoms with E-state index in [1.807, 2.05) is 0 Å². The first-order valence-electron chi connectivity index (χ1n) is 10.7. The number of carbonyl (C=O) groups excluding carboxylic acids is 2. The van der Waals surface area contributed by atoms with Crippen LogP contribution in [-0.4, -0.2) is 34.2 Å². The lowest BCUT2D eigenvalue weighted by Gasteiger charge is -2.31. The third kappa shape index (κ3) is 5.56. The third-order valence-electron chi connectivity index (χ3n) is 5.51. The first-order valence-corrected chi connectivity index (χ1v) is 11.9. The van der Waals surface area contributed by atoms with Gasteiger partial charge in [-0.05, 0) is 37.0 Å². The van der Waals surface area contributed by atoms with E-state index in [1.54, 1.807) is 31.7 Å². The van der Waals surface area contributed by atoms with Gasteiger partial charge in [0.1, 0.15) is 17.0 Å². The number of ketones is 1. The molecule has 2 aromatic rings. The van der Waals surface area contributed by atoms with Crippen LogP contribution in [0.4, 0.5) is 4.39 Å². The molecule has 1 amide bonds. The Morgan fingerprint density at radius 2 is 2.03 bits per heavy atom. The molecule has 0 bridgehead atoms. The Kier molecular flexibility index (Phi) is 7.40. The van der Waals surface area contributed by atoms with Gasteiger partial charge >= 0.3 is 0 Å². The fourth-order valence-electron chi connectivity index (χ4n) is 3.55. The van der Waals surface area contributed by atoms with Crippen molar-refractivity contribution in [2.45, 2.75) is 47.1 Å². The number of carbonyl (C=O) groups is 2. The maximum Gasteiger partial charge on any atom is 0.269 e. The minimum Gasteiger partial charge on any atom is -0.341 e. The Labute approximate surface area is 195 Å². The molecule has 1 saturated heterocycles. The lowest BCUT2D eigenvalue weighted by atomic mass is 9.91. The van der Waals surface area contributed by atoms with Gasteiger partial charge in [-0.25, -0.2) is 4.39 Å². The normalized spacial score (nSPS) is 18.3. The van der Waals surface area contributed by atoms with Gasteiger partial charge < -0.3 is 4.90 Å². The van der Waals surface area contributed by atoms with Crippen molar-refractivity contribution in [2.24, 2.45) is 11.3 Å². The summed E-state index contributed by atoms with van der Waals surface area (Å²) in [4.78, 5) is 40.6. The number of hydrogen-bond donors (Lipinski definition) is 0. The molecule has 2 heterocycles. The second-order valence-corrected chi connectivity index (χ2v) is 10.8. The molecule has 172 valence electrons. The van der Waals surface area contributed by atoms with Gasteiger partial charge in [-0.2, -0.15) is 0 Å². The molecule has 1 atom stereocenters. The van der Waals surface area contributed by atoms with E-state index in [-0.39, 0.29) is 33.4 Å². The highest BCUT2D eigenvalue weighted by molar-refractivity contribution is 7.07. The van der Waals surface area contributed by atoms with E-state index in [1.165, 1.54) is 28.9 Å². The predicted octanol–water partition coefficient (Wildman–Crippen LogP) is 3.19. The lowest BCUT2D eigenvalue weighted by molar-refractivity contribution is -0.133. The van der Waals surface area contributed by atoms with Crippen molar-refractivity contribution in [1.29, 1.82) is 0 Å². The molecular formula is C24H28ClFN2O3S. The highest BCUT2D eigenvalue weighted by atomic mass is 35.5. The Morgan fingerprint density at radius 1 is 1.31 bits per heavy atom. The average molecular weight is 479 g/mol. The molecule has 0 radical (unpaired) electrons. The van der Waals surface area contributed by atoms with Gasteiger partial charge in [-0.1, -0.05) is 45.4 Å². The van der Waals surface area contributed by atoms with E-state index in [4.69, 9.17) is 11.6 Å². The summed E-state index contributed by atoms with van der Waals surface area (Å²) in [5.74, 6) is -0.467. The number of halogens is 2. The van der Waals surface area contributed by atoms with Crippen molar-refractivity contribution in [1.82, 2.24) is 9.47 Å². The number of hydrogen-bond acceptors (Lipinski definition) is 4. The summed E-state index contributed by atoms with van der Waals surface area (Å²) in [6, 6.07) is 4.29. The van der Waals surface area contributed by atoms with Crippen molar-refractivity contribution in [2.75, 3.05) is 13.1 Å². The molecule has 3 rings (SSSR count). The van der Waals surface area contributed by atoms with Gasteiger partial charge in [0.15, 0.2) is 5.78 Å². The number of Topliss-reactive ketones (excluding diaryl/α,β-unsaturated/α-hetero) is 1. The van der Waals surface area contributed by atoms with Crippen LogP contribution in [0.15, 0.2) is 23.0 Å². The summed E-state index contributed by atoms with van der Waals surface area (Å²) >= 11 is 7.18. The standard InChI is InChI=1S/C24H28ClFN2O3S/c1-15-7-6-10-27(13-15)21(30)14-28-22(12-20(29)24(2,3)4)32-19(23(28)31)11-16-17(25)8-5-9-18(16)26/h5,8-9,11-12,15H,6-7,10,13-14H2,1-4H3/b19-11+,22-12-/t15-/m1/s1.